The maximum absolute atomic E-state index is 5.78. The summed E-state index contributed by atoms with van der Waals surface area (Å²) in [6.07, 6.45) is 1.63. The third kappa shape index (κ3) is 1.48. The van der Waals surface area contributed by atoms with E-state index in [1.807, 2.05) is 0 Å². The highest BCUT2D eigenvalue weighted by Crippen LogP contribution is 2.20. The number of rotatable bonds is 1. The fourth-order valence-corrected chi connectivity index (χ4v) is 1.46. The van der Waals surface area contributed by atoms with Crippen molar-refractivity contribution in [1.82, 2.24) is 4.98 Å². The predicted molar refractivity (Wildman–Crippen MR) is 44.8 cm³/mol. The SMILES string of the molecule is NCc1c(Cl)ccnc1Br. The molecule has 0 radical (unpaired) electrons. The zero-order valence-electron chi connectivity index (χ0n) is 5.14. The second-order valence-corrected chi connectivity index (χ2v) is 2.92. The molecular weight excluding hydrogens is 215 g/mol. The van der Waals surface area contributed by atoms with E-state index in [0.29, 0.717) is 11.6 Å². The normalized spacial score (nSPS) is 9.90. The molecule has 2 nitrogen and oxygen atoms in total. The molecule has 0 aliphatic carbocycles. The van der Waals surface area contributed by atoms with Crippen LogP contribution in [0.5, 0.6) is 0 Å². The van der Waals surface area contributed by atoms with Crippen molar-refractivity contribution in [2.45, 2.75) is 6.54 Å². The third-order valence-corrected chi connectivity index (χ3v) is 2.19. The molecular formula is C6H6BrClN2. The van der Waals surface area contributed by atoms with Crippen LogP contribution in [-0.4, -0.2) is 4.98 Å². The summed E-state index contributed by atoms with van der Waals surface area (Å²) >= 11 is 9.01. The van der Waals surface area contributed by atoms with E-state index in [1.54, 1.807) is 12.3 Å². The van der Waals surface area contributed by atoms with E-state index in [9.17, 15) is 0 Å². The Balaban J connectivity index is 3.17. The Morgan fingerprint density at radius 2 is 2.40 bits per heavy atom. The van der Waals surface area contributed by atoms with Crippen molar-refractivity contribution in [2.75, 3.05) is 0 Å². The van der Waals surface area contributed by atoms with Gasteiger partial charge in [-0.15, -0.1) is 0 Å². The van der Waals surface area contributed by atoms with E-state index in [4.69, 9.17) is 17.3 Å². The molecule has 1 aromatic heterocycles. The highest BCUT2D eigenvalue weighted by atomic mass is 79.9. The minimum Gasteiger partial charge on any atom is -0.326 e. The monoisotopic (exact) mass is 220 g/mol. The lowest BCUT2D eigenvalue weighted by Gasteiger charge is -2.00. The van der Waals surface area contributed by atoms with Crippen molar-refractivity contribution < 1.29 is 0 Å². The number of hydrogen-bond donors (Lipinski definition) is 1. The molecule has 0 aliphatic heterocycles. The summed E-state index contributed by atoms with van der Waals surface area (Å²) in [4.78, 5) is 3.96. The summed E-state index contributed by atoms with van der Waals surface area (Å²) in [6.45, 7) is 0.410. The Morgan fingerprint density at radius 3 is 2.80 bits per heavy atom. The Hall–Kier alpha value is -0.120. The van der Waals surface area contributed by atoms with E-state index in [2.05, 4.69) is 20.9 Å². The van der Waals surface area contributed by atoms with Gasteiger partial charge in [0.25, 0.3) is 0 Å². The van der Waals surface area contributed by atoms with Crippen LogP contribution in [0, 0.1) is 0 Å². The summed E-state index contributed by atoms with van der Waals surface area (Å²) in [7, 11) is 0. The van der Waals surface area contributed by atoms with Gasteiger partial charge in [0.2, 0.25) is 0 Å². The molecule has 0 atom stereocenters. The summed E-state index contributed by atoms with van der Waals surface area (Å²) in [5.74, 6) is 0. The Kier molecular flexibility index (Phi) is 2.65. The number of hydrogen-bond acceptors (Lipinski definition) is 2. The van der Waals surface area contributed by atoms with Crippen LogP contribution < -0.4 is 5.73 Å². The maximum atomic E-state index is 5.78. The molecule has 1 rings (SSSR count). The fraction of sp³-hybridized carbons (Fsp3) is 0.167. The van der Waals surface area contributed by atoms with Crippen LogP contribution in [0.3, 0.4) is 0 Å². The number of nitrogens with two attached hydrogens (primary N) is 1. The van der Waals surface area contributed by atoms with Crippen LogP contribution in [-0.2, 0) is 6.54 Å². The maximum Gasteiger partial charge on any atom is 0.112 e. The third-order valence-electron chi connectivity index (χ3n) is 1.15. The van der Waals surface area contributed by atoms with Gasteiger partial charge in [0.15, 0.2) is 0 Å². The summed E-state index contributed by atoms with van der Waals surface area (Å²) in [5.41, 5.74) is 6.25. The highest BCUT2D eigenvalue weighted by molar-refractivity contribution is 9.10. The largest absolute Gasteiger partial charge is 0.326 e. The highest BCUT2D eigenvalue weighted by Gasteiger charge is 2.01. The molecule has 0 unspecified atom stereocenters. The van der Waals surface area contributed by atoms with Crippen LogP contribution in [0.1, 0.15) is 5.56 Å². The molecule has 54 valence electrons. The molecule has 0 spiro atoms. The zero-order valence-corrected chi connectivity index (χ0v) is 7.48. The van der Waals surface area contributed by atoms with E-state index in [-0.39, 0.29) is 0 Å². The van der Waals surface area contributed by atoms with Crippen LogP contribution in [0.25, 0.3) is 0 Å². The summed E-state index contributed by atoms with van der Waals surface area (Å²) in [6, 6.07) is 1.72. The number of aromatic nitrogens is 1. The zero-order chi connectivity index (χ0) is 7.56. The van der Waals surface area contributed by atoms with Gasteiger partial charge in [0.1, 0.15) is 4.60 Å². The molecule has 0 saturated heterocycles. The second kappa shape index (κ2) is 3.32. The molecule has 0 aliphatic rings. The quantitative estimate of drug-likeness (QED) is 0.736. The van der Waals surface area contributed by atoms with Crippen LogP contribution in [0.4, 0.5) is 0 Å². The molecule has 0 amide bonds. The molecule has 2 N–H and O–H groups in total. The van der Waals surface area contributed by atoms with Gasteiger partial charge in [0, 0.05) is 23.3 Å². The summed E-state index contributed by atoms with van der Waals surface area (Å²) < 4.78 is 0.725. The molecule has 1 heterocycles. The van der Waals surface area contributed by atoms with Gasteiger partial charge < -0.3 is 5.73 Å². The summed E-state index contributed by atoms with van der Waals surface area (Å²) in [5, 5.41) is 0.657. The molecule has 0 fully saturated rings. The van der Waals surface area contributed by atoms with Gasteiger partial charge in [0.05, 0.1) is 0 Å². The Bertz CT molecular complexity index is 219. The molecule has 0 saturated carbocycles. The first-order valence-corrected chi connectivity index (χ1v) is 3.91. The van der Waals surface area contributed by atoms with E-state index in [0.717, 1.165) is 10.2 Å². The first kappa shape index (κ1) is 7.98. The van der Waals surface area contributed by atoms with Crippen molar-refractivity contribution >= 4 is 27.5 Å². The molecule has 10 heavy (non-hydrogen) atoms. The average molecular weight is 221 g/mol. The van der Waals surface area contributed by atoms with Gasteiger partial charge in [-0.3, -0.25) is 0 Å². The van der Waals surface area contributed by atoms with Crippen molar-refractivity contribution in [3.8, 4) is 0 Å². The average Bonchev–Trinajstić information content (AvgIpc) is 1.88. The Morgan fingerprint density at radius 1 is 1.70 bits per heavy atom. The molecule has 4 heteroatoms. The van der Waals surface area contributed by atoms with Gasteiger partial charge in [-0.05, 0) is 22.0 Å². The topological polar surface area (TPSA) is 38.9 Å². The van der Waals surface area contributed by atoms with Crippen molar-refractivity contribution in [3.63, 3.8) is 0 Å². The smallest absolute Gasteiger partial charge is 0.112 e. The lowest BCUT2D eigenvalue weighted by molar-refractivity contribution is 1.03. The minimum absolute atomic E-state index is 0.410. The number of pyridine rings is 1. The first-order chi connectivity index (χ1) is 4.75. The van der Waals surface area contributed by atoms with E-state index < -0.39 is 0 Å². The standard InChI is InChI=1S/C6H6BrClN2/c7-6-4(3-9)5(8)1-2-10-6/h1-2H,3,9H2. The Labute approximate surface area is 72.5 Å². The predicted octanol–water partition coefficient (Wildman–Crippen LogP) is 1.96. The fourth-order valence-electron chi connectivity index (χ4n) is 0.627. The second-order valence-electron chi connectivity index (χ2n) is 1.77. The van der Waals surface area contributed by atoms with Crippen molar-refractivity contribution in [1.29, 1.82) is 0 Å². The van der Waals surface area contributed by atoms with Gasteiger partial charge >= 0.3 is 0 Å². The number of nitrogens with zero attached hydrogens (tertiary/aromatic N) is 1. The molecule has 0 bridgehead atoms. The van der Waals surface area contributed by atoms with Gasteiger partial charge in [-0.2, -0.15) is 0 Å². The van der Waals surface area contributed by atoms with E-state index in [1.165, 1.54) is 0 Å². The molecule has 0 aromatic carbocycles. The van der Waals surface area contributed by atoms with Gasteiger partial charge in [-0.25, -0.2) is 4.98 Å². The van der Waals surface area contributed by atoms with Crippen LogP contribution >= 0.6 is 27.5 Å². The van der Waals surface area contributed by atoms with Crippen molar-refractivity contribution in [3.05, 3.63) is 27.5 Å². The van der Waals surface area contributed by atoms with Gasteiger partial charge in [-0.1, -0.05) is 11.6 Å². The minimum atomic E-state index is 0.410. The van der Waals surface area contributed by atoms with Crippen LogP contribution in [0.15, 0.2) is 16.9 Å². The first-order valence-electron chi connectivity index (χ1n) is 2.74. The van der Waals surface area contributed by atoms with Crippen molar-refractivity contribution in [2.24, 2.45) is 5.73 Å². The lowest BCUT2D eigenvalue weighted by Crippen LogP contribution is -1.99. The number of halogens is 2. The van der Waals surface area contributed by atoms with E-state index >= 15 is 0 Å². The van der Waals surface area contributed by atoms with Crippen LogP contribution in [0.2, 0.25) is 5.02 Å². The lowest BCUT2D eigenvalue weighted by atomic mass is 10.3. The molecule has 1 aromatic rings.